The first-order valence-electron chi connectivity index (χ1n) is 7.56. The fourth-order valence-corrected chi connectivity index (χ4v) is 3.00. The highest BCUT2D eigenvalue weighted by Crippen LogP contribution is 2.37. The van der Waals surface area contributed by atoms with Crippen LogP contribution in [0.15, 0.2) is 54.1 Å². The Balaban J connectivity index is 3.14. The molecule has 0 aromatic heterocycles. The molecule has 0 amide bonds. The number of hydrogen-bond acceptors (Lipinski definition) is 5. The standard InChI is InChI=1S/C15H21NO9P2/c17-14(12-6-2-1-3-7-12)13(15(18)19)16(8-4-10-26(20,21)22)9-5-11-27(23,24)25/h1-7,10-11,13-14,17H,8-9H2,(H,18,19)(H2,20,21,22)(H2,23,24,25)/t13-,14?/m0/s1. The third-order valence-electron chi connectivity index (χ3n) is 3.37. The minimum absolute atomic E-state index is 0.294. The minimum atomic E-state index is -4.47. The van der Waals surface area contributed by atoms with Crippen LogP contribution in [0.3, 0.4) is 0 Å². The van der Waals surface area contributed by atoms with E-state index >= 15 is 0 Å². The normalized spacial score (nSPS) is 15.5. The van der Waals surface area contributed by atoms with Gasteiger partial charge in [0, 0.05) is 24.7 Å². The molecule has 1 aromatic rings. The summed E-state index contributed by atoms with van der Waals surface area (Å²) in [6.45, 7) is -0.588. The van der Waals surface area contributed by atoms with Crippen LogP contribution < -0.4 is 0 Å². The van der Waals surface area contributed by atoms with Crippen LogP contribution >= 0.6 is 15.2 Å². The Hall–Kier alpha value is -1.61. The van der Waals surface area contributed by atoms with Crippen molar-refractivity contribution < 1.29 is 43.7 Å². The number of nitrogens with zero attached hydrogens (tertiary/aromatic N) is 1. The lowest BCUT2D eigenvalue weighted by molar-refractivity contribution is -0.147. The van der Waals surface area contributed by atoms with E-state index in [4.69, 9.17) is 19.6 Å². The molecule has 150 valence electrons. The van der Waals surface area contributed by atoms with E-state index in [-0.39, 0.29) is 13.1 Å². The Labute approximate surface area is 155 Å². The molecule has 0 bridgehead atoms. The SMILES string of the molecule is O=C(O)[C@H](C(O)c1ccccc1)N(CC=CP(=O)(O)O)CC=CP(=O)(O)O. The van der Waals surface area contributed by atoms with Gasteiger partial charge in [-0.25, -0.2) is 0 Å². The zero-order valence-corrected chi connectivity index (χ0v) is 15.8. The fraction of sp³-hybridized carbons (Fsp3) is 0.267. The molecule has 1 rings (SSSR count). The molecule has 12 heteroatoms. The highest BCUT2D eigenvalue weighted by Gasteiger charge is 2.33. The molecular formula is C15H21NO9P2. The third kappa shape index (κ3) is 9.23. The predicted octanol–water partition coefficient (Wildman–Crippen LogP) is 0.858. The highest BCUT2D eigenvalue weighted by molar-refractivity contribution is 7.55. The van der Waals surface area contributed by atoms with E-state index in [0.717, 1.165) is 17.1 Å². The Bertz CT molecular complexity index is 735. The molecule has 0 saturated carbocycles. The van der Waals surface area contributed by atoms with Crippen LogP contribution in [0.4, 0.5) is 0 Å². The number of aliphatic hydroxyl groups is 1. The molecule has 1 unspecified atom stereocenters. The zero-order chi connectivity index (χ0) is 20.7. The number of aliphatic hydroxyl groups excluding tert-OH is 1. The average molecular weight is 421 g/mol. The topological polar surface area (TPSA) is 176 Å². The van der Waals surface area contributed by atoms with Gasteiger partial charge in [0.1, 0.15) is 12.1 Å². The minimum Gasteiger partial charge on any atom is -0.480 e. The summed E-state index contributed by atoms with van der Waals surface area (Å²) >= 11 is 0. The molecule has 0 heterocycles. The summed E-state index contributed by atoms with van der Waals surface area (Å²) in [5.41, 5.74) is 0.299. The van der Waals surface area contributed by atoms with Gasteiger partial charge in [0.15, 0.2) is 0 Å². The van der Waals surface area contributed by atoms with Crippen molar-refractivity contribution >= 4 is 21.2 Å². The monoisotopic (exact) mass is 421 g/mol. The molecule has 0 radical (unpaired) electrons. The number of rotatable bonds is 10. The van der Waals surface area contributed by atoms with Crippen molar-refractivity contribution in [2.75, 3.05) is 13.1 Å². The maximum Gasteiger partial charge on any atom is 0.348 e. The van der Waals surface area contributed by atoms with Crippen molar-refractivity contribution in [3.63, 3.8) is 0 Å². The molecule has 1 aromatic carbocycles. The van der Waals surface area contributed by atoms with E-state index in [1.807, 2.05) is 0 Å². The van der Waals surface area contributed by atoms with Crippen molar-refractivity contribution in [3.05, 3.63) is 59.7 Å². The van der Waals surface area contributed by atoms with Crippen LogP contribution in [-0.2, 0) is 13.9 Å². The lowest BCUT2D eigenvalue weighted by atomic mass is 10.0. The molecule has 0 aliphatic rings. The quantitative estimate of drug-likeness (QED) is 0.297. The molecule has 0 aliphatic heterocycles. The maximum absolute atomic E-state index is 11.7. The van der Waals surface area contributed by atoms with Crippen LogP contribution in [0.5, 0.6) is 0 Å². The highest BCUT2D eigenvalue weighted by atomic mass is 31.2. The molecular weight excluding hydrogens is 400 g/mol. The molecule has 10 nitrogen and oxygen atoms in total. The first-order chi connectivity index (χ1) is 12.4. The molecule has 0 saturated heterocycles. The van der Waals surface area contributed by atoms with Gasteiger partial charge in [0.25, 0.3) is 0 Å². The Kier molecular flexibility index (Phi) is 8.74. The molecule has 27 heavy (non-hydrogen) atoms. The Morgan fingerprint density at radius 1 is 0.963 bits per heavy atom. The summed E-state index contributed by atoms with van der Waals surface area (Å²) in [7, 11) is -8.94. The summed E-state index contributed by atoms with van der Waals surface area (Å²) < 4.78 is 21.8. The van der Waals surface area contributed by atoms with Crippen molar-refractivity contribution in [2.24, 2.45) is 0 Å². The first-order valence-corrected chi connectivity index (χ1v) is 10.9. The lowest BCUT2D eigenvalue weighted by Crippen LogP contribution is -2.45. The number of aliphatic carboxylic acids is 1. The number of carbonyl (C=O) groups is 1. The van der Waals surface area contributed by atoms with Crippen molar-refractivity contribution in [3.8, 4) is 0 Å². The summed E-state index contributed by atoms with van der Waals surface area (Å²) in [5, 5.41) is 20.0. The zero-order valence-electron chi connectivity index (χ0n) is 14.0. The van der Waals surface area contributed by atoms with Gasteiger partial charge >= 0.3 is 21.2 Å². The molecule has 2 atom stereocenters. The second kappa shape index (κ2) is 10.1. The van der Waals surface area contributed by atoms with Crippen LogP contribution in [0.25, 0.3) is 0 Å². The summed E-state index contributed by atoms with van der Waals surface area (Å²) in [5.74, 6) is -0.249. The van der Waals surface area contributed by atoms with Crippen LogP contribution in [0, 0.1) is 0 Å². The number of benzene rings is 1. The van der Waals surface area contributed by atoms with Gasteiger partial charge in [-0.1, -0.05) is 42.5 Å². The predicted molar refractivity (Wildman–Crippen MR) is 96.8 cm³/mol. The van der Waals surface area contributed by atoms with Crippen LogP contribution in [-0.4, -0.2) is 59.8 Å². The van der Waals surface area contributed by atoms with Crippen molar-refractivity contribution in [2.45, 2.75) is 12.1 Å². The van der Waals surface area contributed by atoms with E-state index in [9.17, 15) is 24.1 Å². The van der Waals surface area contributed by atoms with Gasteiger partial charge in [-0.2, -0.15) is 0 Å². The number of hydrogen-bond donors (Lipinski definition) is 6. The molecule has 6 N–H and O–H groups in total. The van der Waals surface area contributed by atoms with Gasteiger partial charge in [-0.3, -0.25) is 18.8 Å². The number of carboxylic acid groups (broad SMARTS) is 1. The lowest BCUT2D eigenvalue weighted by Gasteiger charge is -2.30. The van der Waals surface area contributed by atoms with E-state index in [0.29, 0.717) is 17.2 Å². The Morgan fingerprint density at radius 2 is 1.41 bits per heavy atom. The van der Waals surface area contributed by atoms with E-state index in [1.54, 1.807) is 18.2 Å². The van der Waals surface area contributed by atoms with Crippen molar-refractivity contribution in [1.29, 1.82) is 0 Å². The summed E-state index contributed by atoms with van der Waals surface area (Å²) in [4.78, 5) is 48.3. The fourth-order valence-electron chi connectivity index (χ4n) is 2.26. The molecule has 0 spiro atoms. The largest absolute Gasteiger partial charge is 0.480 e. The van der Waals surface area contributed by atoms with Gasteiger partial charge in [-0.15, -0.1) is 0 Å². The summed E-state index contributed by atoms with van der Waals surface area (Å²) in [6.07, 6.45) is 0.565. The van der Waals surface area contributed by atoms with E-state index in [2.05, 4.69) is 0 Å². The van der Waals surface area contributed by atoms with Crippen LogP contribution in [0.2, 0.25) is 0 Å². The second-order valence-electron chi connectivity index (χ2n) is 5.54. The van der Waals surface area contributed by atoms with Gasteiger partial charge in [-0.05, 0) is 5.56 Å². The Morgan fingerprint density at radius 3 is 1.78 bits per heavy atom. The smallest absolute Gasteiger partial charge is 0.348 e. The van der Waals surface area contributed by atoms with Gasteiger partial charge in [0.05, 0.1) is 0 Å². The van der Waals surface area contributed by atoms with E-state index < -0.39 is 33.3 Å². The first kappa shape index (κ1) is 23.4. The molecule has 0 aliphatic carbocycles. The maximum atomic E-state index is 11.7. The van der Waals surface area contributed by atoms with Gasteiger partial charge in [0.2, 0.25) is 0 Å². The van der Waals surface area contributed by atoms with E-state index in [1.165, 1.54) is 12.1 Å². The third-order valence-corrected chi connectivity index (χ3v) is 4.56. The number of carboxylic acids is 1. The molecule has 0 fully saturated rings. The van der Waals surface area contributed by atoms with Gasteiger partial charge < -0.3 is 29.8 Å². The summed E-state index contributed by atoms with van der Waals surface area (Å²) in [6, 6.07) is 6.36. The van der Waals surface area contributed by atoms with Crippen LogP contribution in [0.1, 0.15) is 11.7 Å². The average Bonchev–Trinajstić information content (AvgIpc) is 2.52. The second-order valence-corrected chi connectivity index (χ2v) is 8.49. The van der Waals surface area contributed by atoms with Crippen molar-refractivity contribution in [1.82, 2.24) is 4.90 Å².